The van der Waals surface area contributed by atoms with E-state index in [2.05, 4.69) is 11.7 Å². The summed E-state index contributed by atoms with van der Waals surface area (Å²) in [6.07, 6.45) is 3.82. The standard InChI is InChI=1S/C28H33F5O3/c1-2-3-4-17-5-7-18(8-6-17)19-9-12-23(24(29)16-19)27(34)35-21-11-13-22-20(15-21)10-14-25(26(22)30)36-28(31,32)33/h10-11,13-15,17-19,23-24H,2-9,12,16H2,1H3. The van der Waals surface area contributed by atoms with Gasteiger partial charge in [-0.1, -0.05) is 45.1 Å². The van der Waals surface area contributed by atoms with Gasteiger partial charge in [0.2, 0.25) is 0 Å². The van der Waals surface area contributed by atoms with E-state index in [0.717, 1.165) is 31.2 Å². The number of benzene rings is 2. The van der Waals surface area contributed by atoms with Gasteiger partial charge in [-0.25, -0.2) is 8.78 Å². The van der Waals surface area contributed by atoms with Gasteiger partial charge in [0.1, 0.15) is 11.9 Å². The molecule has 0 bridgehead atoms. The number of rotatable bonds is 7. The molecule has 2 saturated carbocycles. The van der Waals surface area contributed by atoms with E-state index in [1.54, 1.807) is 0 Å². The van der Waals surface area contributed by atoms with E-state index in [-0.39, 0.29) is 16.5 Å². The number of hydrogen-bond donors (Lipinski definition) is 0. The van der Waals surface area contributed by atoms with Crippen molar-refractivity contribution in [2.24, 2.45) is 23.7 Å². The summed E-state index contributed by atoms with van der Waals surface area (Å²) in [6, 6.07) is 5.97. The molecule has 2 aromatic carbocycles. The zero-order valence-electron chi connectivity index (χ0n) is 20.5. The lowest BCUT2D eigenvalue weighted by Gasteiger charge is -2.38. The van der Waals surface area contributed by atoms with Gasteiger partial charge in [0.05, 0.1) is 5.92 Å². The monoisotopic (exact) mass is 512 g/mol. The maximum absolute atomic E-state index is 15.1. The van der Waals surface area contributed by atoms with E-state index in [4.69, 9.17) is 4.74 Å². The summed E-state index contributed by atoms with van der Waals surface area (Å²) in [5, 5.41) is 0.132. The maximum Gasteiger partial charge on any atom is 0.573 e. The van der Waals surface area contributed by atoms with Crippen molar-refractivity contribution in [1.82, 2.24) is 0 Å². The third-order valence-electron chi connectivity index (χ3n) is 7.97. The zero-order valence-corrected chi connectivity index (χ0v) is 20.5. The van der Waals surface area contributed by atoms with Gasteiger partial charge in [-0.15, -0.1) is 13.2 Å². The second-order valence-electron chi connectivity index (χ2n) is 10.3. The molecule has 36 heavy (non-hydrogen) atoms. The topological polar surface area (TPSA) is 35.5 Å². The Kier molecular flexibility index (Phi) is 8.41. The molecular weight excluding hydrogens is 479 g/mol. The number of esters is 1. The van der Waals surface area contributed by atoms with Crippen molar-refractivity contribution in [2.45, 2.75) is 83.7 Å². The second kappa shape index (κ2) is 11.3. The van der Waals surface area contributed by atoms with Gasteiger partial charge in [-0.2, -0.15) is 0 Å². The first-order valence-electron chi connectivity index (χ1n) is 13.0. The zero-order chi connectivity index (χ0) is 25.9. The molecule has 0 spiro atoms. The Morgan fingerprint density at radius 3 is 2.39 bits per heavy atom. The minimum absolute atomic E-state index is 0.0936. The Balaban J connectivity index is 1.33. The fourth-order valence-corrected chi connectivity index (χ4v) is 5.99. The van der Waals surface area contributed by atoms with Crippen LogP contribution in [0.1, 0.15) is 71.1 Å². The minimum Gasteiger partial charge on any atom is -0.426 e. The first kappa shape index (κ1) is 26.7. The van der Waals surface area contributed by atoms with E-state index >= 15 is 4.39 Å². The fraction of sp³-hybridized carbons (Fsp3) is 0.607. The van der Waals surface area contributed by atoms with Crippen molar-refractivity contribution < 1.29 is 36.2 Å². The van der Waals surface area contributed by atoms with Gasteiger partial charge in [-0.05, 0) is 79.5 Å². The lowest BCUT2D eigenvalue weighted by Crippen LogP contribution is -2.37. The summed E-state index contributed by atoms with van der Waals surface area (Å²) in [7, 11) is 0. The Morgan fingerprint density at radius 1 is 1.00 bits per heavy atom. The van der Waals surface area contributed by atoms with Gasteiger partial charge in [0, 0.05) is 5.39 Å². The largest absolute Gasteiger partial charge is 0.573 e. The molecule has 2 aromatic rings. The predicted molar refractivity (Wildman–Crippen MR) is 127 cm³/mol. The first-order valence-corrected chi connectivity index (χ1v) is 13.0. The summed E-state index contributed by atoms with van der Waals surface area (Å²) in [5.74, 6) is -1.90. The highest BCUT2D eigenvalue weighted by Crippen LogP contribution is 2.43. The Hall–Kier alpha value is -2.38. The molecule has 0 amide bonds. The molecule has 3 nitrogen and oxygen atoms in total. The van der Waals surface area contributed by atoms with Crippen LogP contribution < -0.4 is 9.47 Å². The summed E-state index contributed by atoms with van der Waals surface area (Å²) >= 11 is 0. The van der Waals surface area contributed by atoms with E-state index in [1.807, 2.05) is 0 Å². The van der Waals surface area contributed by atoms with Crippen LogP contribution in [0.25, 0.3) is 10.8 Å². The molecule has 2 fully saturated rings. The molecule has 2 aliphatic carbocycles. The fourth-order valence-electron chi connectivity index (χ4n) is 5.99. The minimum atomic E-state index is -5.01. The van der Waals surface area contributed by atoms with Crippen LogP contribution in [0.15, 0.2) is 30.3 Å². The van der Waals surface area contributed by atoms with Crippen LogP contribution in [-0.2, 0) is 4.79 Å². The number of halogens is 5. The predicted octanol–water partition coefficient (Wildman–Crippen LogP) is 8.53. The summed E-state index contributed by atoms with van der Waals surface area (Å²) < 4.78 is 75.9. The number of fused-ring (bicyclic) bond motifs is 1. The normalized spacial score (nSPS) is 27.1. The molecule has 4 rings (SSSR count). The van der Waals surface area contributed by atoms with Crippen molar-refractivity contribution >= 4 is 16.7 Å². The van der Waals surface area contributed by atoms with Crippen LogP contribution in [-0.4, -0.2) is 18.5 Å². The van der Waals surface area contributed by atoms with E-state index in [1.165, 1.54) is 56.4 Å². The highest BCUT2D eigenvalue weighted by Gasteiger charge is 2.40. The quantitative estimate of drug-likeness (QED) is 0.212. The van der Waals surface area contributed by atoms with Crippen molar-refractivity contribution in [3.8, 4) is 11.5 Å². The highest BCUT2D eigenvalue weighted by atomic mass is 19.4. The number of ether oxygens (including phenoxy) is 2. The molecule has 3 atom stereocenters. The molecule has 8 heteroatoms. The number of unbranched alkanes of at least 4 members (excludes halogenated alkanes) is 1. The van der Waals surface area contributed by atoms with E-state index in [9.17, 15) is 22.4 Å². The average Bonchev–Trinajstić information content (AvgIpc) is 2.84. The van der Waals surface area contributed by atoms with Crippen molar-refractivity contribution in [3.63, 3.8) is 0 Å². The smallest absolute Gasteiger partial charge is 0.426 e. The van der Waals surface area contributed by atoms with E-state index in [0.29, 0.717) is 24.7 Å². The Bertz CT molecular complexity index is 1050. The summed E-state index contributed by atoms with van der Waals surface area (Å²) in [4.78, 5) is 12.7. The van der Waals surface area contributed by atoms with Gasteiger partial charge in [0.15, 0.2) is 11.6 Å². The average molecular weight is 513 g/mol. The Labute approximate surface area is 208 Å². The van der Waals surface area contributed by atoms with E-state index < -0.39 is 36.0 Å². The van der Waals surface area contributed by atoms with Gasteiger partial charge in [0.25, 0.3) is 0 Å². The van der Waals surface area contributed by atoms with Crippen LogP contribution in [0, 0.1) is 29.5 Å². The maximum atomic E-state index is 15.1. The molecule has 0 radical (unpaired) electrons. The van der Waals surface area contributed by atoms with Crippen molar-refractivity contribution in [2.75, 3.05) is 0 Å². The molecule has 0 saturated heterocycles. The summed E-state index contributed by atoms with van der Waals surface area (Å²) in [6.45, 7) is 2.21. The second-order valence-corrected chi connectivity index (χ2v) is 10.3. The third-order valence-corrected chi connectivity index (χ3v) is 7.97. The number of carbonyl (C=O) groups is 1. The van der Waals surface area contributed by atoms with Gasteiger partial charge >= 0.3 is 12.3 Å². The van der Waals surface area contributed by atoms with Crippen molar-refractivity contribution in [3.05, 3.63) is 36.1 Å². The number of carbonyl (C=O) groups excluding carboxylic acids is 1. The van der Waals surface area contributed by atoms with Gasteiger partial charge < -0.3 is 9.47 Å². The molecule has 0 N–H and O–H groups in total. The summed E-state index contributed by atoms with van der Waals surface area (Å²) in [5.41, 5.74) is 0. The molecule has 3 unspecified atom stereocenters. The first-order chi connectivity index (χ1) is 17.1. The van der Waals surface area contributed by atoms with Crippen molar-refractivity contribution in [1.29, 1.82) is 0 Å². The molecule has 198 valence electrons. The third kappa shape index (κ3) is 6.48. The lowest BCUT2D eigenvalue weighted by molar-refractivity contribution is -0.275. The van der Waals surface area contributed by atoms with Crippen LogP contribution >= 0.6 is 0 Å². The number of alkyl halides is 4. The van der Waals surface area contributed by atoms with Gasteiger partial charge in [-0.3, -0.25) is 4.79 Å². The molecule has 2 aliphatic rings. The molecule has 0 aliphatic heterocycles. The Morgan fingerprint density at radius 2 is 1.72 bits per heavy atom. The number of hydrogen-bond acceptors (Lipinski definition) is 3. The molecular formula is C28H33F5O3. The van der Waals surface area contributed by atoms with Crippen LogP contribution in [0.4, 0.5) is 22.0 Å². The van der Waals surface area contributed by atoms with Crippen LogP contribution in [0.2, 0.25) is 0 Å². The van der Waals surface area contributed by atoms with Crippen LogP contribution in [0.3, 0.4) is 0 Å². The lowest BCUT2D eigenvalue weighted by atomic mass is 9.68. The molecule has 0 heterocycles. The SMILES string of the molecule is CCCCC1CCC(C2CCC(C(=O)Oc3ccc4c(F)c(OC(F)(F)F)ccc4c3)C(F)C2)CC1. The highest BCUT2D eigenvalue weighted by molar-refractivity contribution is 5.87. The van der Waals surface area contributed by atoms with Crippen LogP contribution in [0.5, 0.6) is 11.5 Å². The molecule has 0 aromatic heterocycles.